The van der Waals surface area contributed by atoms with Gasteiger partial charge in [-0.2, -0.15) is 0 Å². The van der Waals surface area contributed by atoms with E-state index in [-0.39, 0.29) is 6.79 Å². The Balaban J connectivity index is 1.75. The number of fused-ring (bicyclic) bond motifs is 1. The summed E-state index contributed by atoms with van der Waals surface area (Å²) in [6.45, 7) is 10.8. The molecule has 1 aromatic rings. The third-order valence-corrected chi connectivity index (χ3v) is 3.90. The van der Waals surface area contributed by atoms with Gasteiger partial charge in [-0.15, -0.1) is 0 Å². The number of hydrogen-bond acceptors (Lipinski definition) is 5. The molecule has 0 spiro atoms. The number of nitrogens with zero attached hydrogens (tertiary/aromatic N) is 1. The molecule has 156 valence electrons. The fraction of sp³-hybridized carbons (Fsp3) is 0.600. The van der Waals surface area contributed by atoms with Gasteiger partial charge in [-0.25, -0.2) is 4.79 Å². The zero-order valence-electron chi connectivity index (χ0n) is 17.6. The van der Waals surface area contributed by atoms with Crippen molar-refractivity contribution < 1.29 is 19.0 Å². The summed E-state index contributed by atoms with van der Waals surface area (Å²) in [7, 11) is 1.71. The monoisotopic (exact) mass is 392 g/mol. The molecule has 0 atom stereocenters. The molecule has 0 saturated heterocycles. The first-order valence-electron chi connectivity index (χ1n) is 9.42. The number of hydrogen-bond donors (Lipinski definition) is 3. The van der Waals surface area contributed by atoms with Crippen LogP contribution < -0.4 is 25.4 Å². The number of carbonyl (C=O) groups is 1. The molecule has 2 rings (SSSR count). The predicted molar refractivity (Wildman–Crippen MR) is 109 cm³/mol. The lowest BCUT2D eigenvalue weighted by Gasteiger charge is -2.29. The van der Waals surface area contributed by atoms with Crippen molar-refractivity contribution in [2.45, 2.75) is 52.2 Å². The maximum Gasteiger partial charge on any atom is 0.408 e. The average molecular weight is 393 g/mol. The van der Waals surface area contributed by atoms with Crippen LogP contribution in [-0.2, 0) is 11.2 Å². The summed E-state index contributed by atoms with van der Waals surface area (Å²) in [4.78, 5) is 16.2. The molecule has 28 heavy (non-hydrogen) atoms. The molecule has 1 aromatic carbocycles. The van der Waals surface area contributed by atoms with E-state index < -0.39 is 17.2 Å². The zero-order chi connectivity index (χ0) is 20.8. The van der Waals surface area contributed by atoms with Gasteiger partial charge < -0.3 is 30.2 Å². The minimum absolute atomic E-state index is 0.278. The average Bonchev–Trinajstić information content (AvgIpc) is 3.03. The van der Waals surface area contributed by atoms with Gasteiger partial charge in [-0.3, -0.25) is 4.99 Å². The van der Waals surface area contributed by atoms with Gasteiger partial charge in [0.2, 0.25) is 6.79 Å². The van der Waals surface area contributed by atoms with E-state index in [1.165, 1.54) is 0 Å². The molecule has 0 aliphatic carbocycles. The van der Waals surface area contributed by atoms with Gasteiger partial charge in [0.15, 0.2) is 17.5 Å². The van der Waals surface area contributed by atoms with Crippen molar-refractivity contribution in [2.75, 3.05) is 26.9 Å². The first-order chi connectivity index (χ1) is 13.1. The summed E-state index contributed by atoms with van der Waals surface area (Å²) >= 11 is 0. The van der Waals surface area contributed by atoms with Gasteiger partial charge in [0.25, 0.3) is 0 Å². The number of alkyl carbamates (subject to hydrolysis) is 1. The van der Waals surface area contributed by atoms with Crippen LogP contribution in [0, 0.1) is 0 Å². The summed E-state index contributed by atoms with van der Waals surface area (Å²) < 4.78 is 16.0. The smallest absolute Gasteiger partial charge is 0.408 e. The number of ether oxygens (including phenoxy) is 3. The van der Waals surface area contributed by atoms with E-state index in [1.54, 1.807) is 7.05 Å². The third-order valence-electron chi connectivity index (χ3n) is 3.90. The van der Waals surface area contributed by atoms with Crippen molar-refractivity contribution in [3.05, 3.63) is 23.8 Å². The zero-order valence-corrected chi connectivity index (χ0v) is 17.6. The number of carbonyl (C=O) groups excluding carboxylic acids is 1. The molecular formula is C20H32N4O4. The van der Waals surface area contributed by atoms with Gasteiger partial charge in [0.05, 0.1) is 5.54 Å². The number of amides is 1. The quantitative estimate of drug-likeness (QED) is 0.509. The molecule has 0 fully saturated rings. The highest BCUT2D eigenvalue weighted by atomic mass is 16.7. The highest BCUT2D eigenvalue weighted by molar-refractivity contribution is 5.79. The topological polar surface area (TPSA) is 93.2 Å². The number of guanidine groups is 1. The van der Waals surface area contributed by atoms with E-state index in [4.69, 9.17) is 14.2 Å². The van der Waals surface area contributed by atoms with Crippen LogP contribution in [0.15, 0.2) is 23.2 Å². The third kappa shape index (κ3) is 7.17. The minimum atomic E-state index is -0.528. The van der Waals surface area contributed by atoms with Crippen LogP contribution in [0.4, 0.5) is 4.79 Å². The number of nitrogens with one attached hydrogen (secondary N) is 3. The molecular weight excluding hydrogens is 360 g/mol. The van der Waals surface area contributed by atoms with Gasteiger partial charge >= 0.3 is 6.09 Å². The van der Waals surface area contributed by atoms with E-state index >= 15 is 0 Å². The summed E-state index contributed by atoms with van der Waals surface area (Å²) in [5.41, 5.74) is 0.121. The van der Waals surface area contributed by atoms with Crippen molar-refractivity contribution in [3.8, 4) is 11.5 Å². The van der Waals surface area contributed by atoms with Crippen LogP contribution in [0.3, 0.4) is 0 Å². The molecule has 1 amide bonds. The van der Waals surface area contributed by atoms with Crippen LogP contribution in [0.2, 0.25) is 0 Å². The predicted octanol–water partition coefficient (Wildman–Crippen LogP) is 2.43. The lowest BCUT2D eigenvalue weighted by Crippen LogP contribution is -2.54. The fourth-order valence-corrected chi connectivity index (χ4v) is 2.57. The second kappa shape index (κ2) is 9.03. The molecule has 0 radical (unpaired) electrons. The maximum atomic E-state index is 12.0. The lowest BCUT2D eigenvalue weighted by molar-refractivity contribution is 0.0474. The molecule has 0 aromatic heterocycles. The van der Waals surface area contributed by atoms with Gasteiger partial charge in [-0.05, 0) is 58.7 Å². The molecule has 8 heteroatoms. The van der Waals surface area contributed by atoms with Crippen molar-refractivity contribution in [1.29, 1.82) is 0 Å². The normalized spacial score (nSPS) is 13.9. The SMILES string of the molecule is CN=C(NCCc1ccc2c(c1)OCO2)NCC(C)(C)NC(=O)OC(C)(C)C. The summed E-state index contributed by atoms with van der Waals surface area (Å²) in [6, 6.07) is 5.95. The van der Waals surface area contributed by atoms with E-state index in [0.717, 1.165) is 23.5 Å². The van der Waals surface area contributed by atoms with Gasteiger partial charge in [-0.1, -0.05) is 6.07 Å². The van der Waals surface area contributed by atoms with E-state index in [0.29, 0.717) is 19.0 Å². The van der Waals surface area contributed by atoms with Crippen LogP contribution in [0.25, 0.3) is 0 Å². The van der Waals surface area contributed by atoms with E-state index in [1.807, 2.05) is 52.8 Å². The van der Waals surface area contributed by atoms with E-state index in [2.05, 4.69) is 20.9 Å². The second-order valence-corrected chi connectivity index (χ2v) is 8.30. The molecule has 3 N–H and O–H groups in total. The molecule has 0 unspecified atom stereocenters. The largest absolute Gasteiger partial charge is 0.454 e. The summed E-state index contributed by atoms with van der Waals surface area (Å²) in [6.07, 6.45) is 0.377. The van der Waals surface area contributed by atoms with E-state index in [9.17, 15) is 4.79 Å². The second-order valence-electron chi connectivity index (χ2n) is 8.30. The first kappa shape index (κ1) is 21.7. The highest BCUT2D eigenvalue weighted by Gasteiger charge is 2.24. The van der Waals surface area contributed by atoms with Gasteiger partial charge in [0.1, 0.15) is 5.60 Å². The van der Waals surface area contributed by atoms with Crippen LogP contribution in [0.5, 0.6) is 11.5 Å². The molecule has 1 aliphatic heterocycles. The summed E-state index contributed by atoms with van der Waals surface area (Å²) in [5.74, 6) is 2.24. The van der Waals surface area contributed by atoms with Crippen molar-refractivity contribution in [1.82, 2.24) is 16.0 Å². The molecule has 1 aliphatic rings. The van der Waals surface area contributed by atoms with Crippen molar-refractivity contribution >= 4 is 12.1 Å². The van der Waals surface area contributed by atoms with Crippen molar-refractivity contribution in [2.24, 2.45) is 4.99 Å². The number of aliphatic imine (C=N–C) groups is 1. The standard InChI is InChI=1S/C20H32N4O4/c1-19(2,3)28-18(25)24-20(4,5)12-23-17(21-6)22-10-9-14-7-8-15-16(11-14)27-13-26-15/h7-8,11H,9-10,12-13H2,1-6H3,(H,24,25)(H2,21,22,23). The van der Waals surface area contributed by atoms with Crippen molar-refractivity contribution in [3.63, 3.8) is 0 Å². The van der Waals surface area contributed by atoms with Crippen LogP contribution in [0.1, 0.15) is 40.2 Å². The Labute approximate surface area is 167 Å². The Hall–Kier alpha value is -2.64. The molecule has 0 bridgehead atoms. The first-order valence-corrected chi connectivity index (χ1v) is 9.42. The Kier molecular flexibility index (Phi) is 6.99. The Bertz CT molecular complexity index is 711. The molecule has 8 nitrogen and oxygen atoms in total. The fourth-order valence-electron chi connectivity index (χ4n) is 2.57. The Morgan fingerprint density at radius 3 is 2.54 bits per heavy atom. The Morgan fingerprint density at radius 1 is 1.14 bits per heavy atom. The molecule has 1 heterocycles. The van der Waals surface area contributed by atoms with Crippen LogP contribution >= 0.6 is 0 Å². The Morgan fingerprint density at radius 2 is 1.86 bits per heavy atom. The number of rotatable bonds is 6. The molecule has 0 saturated carbocycles. The maximum absolute atomic E-state index is 12.0. The van der Waals surface area contributed by atoms with Gasteiger partial charge in [0, 0.05) is 20.1 Å². The lowest BCUT2D eigenvalue weighted by atomic mass is 10.1. The minimum Gasteiger partial charge on any atom is -0.454 e. The number of benzene rings is 1. The summed E-state index contributed by atoms with van der Waals surface area (Å²) in [5, 5.41) is 9.37. The highest BCUT2D eigenvalue weighted by Crippen LogP contribution is 2.32. The van der Waals surface area contributed by atoms with Crippen LogP contribution in [-0.4, -0.2) is 50.1 Å².